The van der Waals surface area contributed by atoms with E-state index in [1.54, 1.807) is 6.20 Å². The Hall–Kier alpha value is -1.62. The van der Waals surface area contributed by atoms with Gasteiger partial charge in [0.15, 0.2) is 0 Å². The number of hydrogen-bond acceptors (Lipinski definition) is 4. The third kappa shape index (κ3) is 2.79. The van der Waals surface area contributed by atoms with Crippen molar-refractivity contribution >= 4 is 0 Å². The van der Waals surface area contributed by atoms with Gasteiger partial charge in [-0.25, -0.2) is 4.98 Å². The molecule has 2 aromatic heterocycles. The van der Waals surface area contributed by atoms with Crippen LogP contribution in [-0.4, -0.2) is 14.8 Å². The van der Waals surface area contributed by atoms with Crippen molar-refractivity contribution in [2.75, 3.05) is 0 Å². The molecule has 1 unspecified atom stereocenters. The van der Waals surface area contributed by atoms with E-state index in [2.05, 4.69) is 28.4 Å². The molecule has 5 heteroatoms. The Morgan fingerprint density at radius 1 is 1.50 bits per heavy atom. The summed E-state index contributed by atoms with van der Waals surface area (Å²) in [6.45, 7) is 6.81. The highest BCUT2D eigenvalue weighted by molar-refractivity contribution is 5.10. The molecule has 0 fully saturated rings. The Bertz CT molecular complexity index is 515. The summed E-state index contributed by atoms with van der Waals surface area (Å²) in [4.78, 5) is 4.22. The molecule has 1 atom stereocenters. The van der Waals surface area contributed by atoms with E-state index in [4.69, 9.17) is 4.42 Å². The second-order valence-electron chi connectivity index (χ2n) is 4.52. The molecule has 0 bridgehead atoms. The molecule has 0 aromatic carbocycles. The fourth-order valence-corrected chi connectivity index (χ4v) is 1.83. The first-order valence-corrected chi connectivity index (χ1v) is 6.27. The zero-order chi connectivity index (χ0) is 13.1. The average molecular weight is 248 g/mol. The maximum atomic E-state index is 5.49. The normalized spacial score (nSPS) is 12.9. The fourth-order valence-electron chi connectivity index (χ4n) is 1.83. The lowest BCUT2D eigenvalue weighted by atomic mass is 10.3. The number of nitrogens with zero attached hydrogens (tertiary/aromatic N) is 3. The molecule has 0 saturated carbocycles. The van der Waals surface area contributed by atoms with Crippen LogP contribution >= 0.6 is 0 Å². The molecule has 98 valence electrons. The summed E-state index contributed by atoms with van der Waals surface area (Å²) in [5, 5.41) is 7.81. The SMILES string of the molecule is CCc1cc(CNC(C)c2ncc(C)o2)n(C)n1. The van der Waals surface area contributed by atoms with Crippen LogP contribution in [0.2, 0.25) is 0 Å². The van der Waals surface area contributed by atoms with Gasteiger partial charge in [0.05, 0.1) is 23.6 Å². The van der Waals surface area contributed by atoms with Crippen LogP contribution < -0.4 is 5.32 Å². The number of rotatable bonds is 5. The summed E-state index contributed by atoms with van der Waals surface area (Å²) < 4.78 is 7.41. The van der Waals surface area contributed by atoms with Crippen molar-refractivity contribution in [3.05, 3.63) is 35.3 Å². The molecule has 0 amide bonds. The quantitative estimate of drug-likeness (QED) is 0.880. The van der Waals surface area contributed by atoms with Crippen LogP contribution in [0.5, 0.6) is 0 Å². The van der Waals surface area contributed by atoms with Crippen molar-refractivity contribution < 1.29 is 4.42 Å². The zero-order valence-corrected chi connectivity index (χ0v) is 11.4. The summed E-state index contributed by atoms with van der Waals surface area (Å²) in [6.07, 6.45) is 2.70. The van der Waals surface area contributed by atoms with Crippen molar-refractivity contribution in [2.24, 2.45) is 7.05 Å². The van der Waals surface area contributed by atoms with E-state index in [1.807, 2.05) is 25.6 Å². The Morgan fingerprint density at radius 2 is 2.28 bits per heavy atom. The summed E-state index contributed by atoms with van der Waals surface area (Å²) >= 11 is 0. The molecule has 1 N–H and O–H groups in total. The van der Waals surface area contributed by atoms with Gasteiger partial charge < -0.3 is 9.73 Å². The lowest BCUT2D eigenvalue weighted by Gasteiger charge is -2.10. The number of hydrogen-bond donors (Lipinski definition) is 1. The molecular weight excluding hydrogens is 228 g/mol. The van der Waals surface area contributed by atoms with E-state index in [1.165, 1.54) is 5.69 Å². The van der Waals surface area contributed by atoms with Crippen molar-refractivity contribution in [1.82, 2.24) is 20.1 Å². The van der Waals surface area contributed by atoms with Crippen LogP contribution in [0.3, 0.4) is 0 Å². The summed E-state index contributed by atoms with van der Waals surface area (Å²) in [5.74, 6) is 1.57. The Labute approximate surface area is 107 Å². The molecule has 2 heterocycles. The molecule has 0 aliphatic heterocycles. The molecule has 0 saturated heterocycles. The van der Waals surface area contributed by atoms with E-state index >= 15 is 0 Å². The highest BCUT2D eigenvalue weighted by atomic mass is 16.4. The van der Waals surface area contributed by atoms with E-state index in [0.717, 1.165) is 30.3 Å². The van der Waals surface area contributed by atoms with Gasteiger partial charge in [0.2, 0.25) is 5.89 Å². The molecule has 0 radical (unpaired) electrons. The first kappa shape index (κ1) is 12.8. The Kier molecular flexibility index (Phi) is 3.81. The summed E-state index contributed by atoms with van der Waals surface area (Å²) in [7, 11) is 1.97. The minimum absolute atomic E-state index is 0.0960. The maximum absolute atomic E-state index is 5.49. The molecule has 5 nitrogen and oxygen atoms in total. The third-order valence-corrected chi connectivity index (χ3v) is 2.99. The minimum atomic E-state index is 0.0960. The Balaban J connectivity index is 1.96. The van der Waals surface area contributed by atoms with Crippen molar-refractivity contribution in [2.45, 2.75) is 39.8 Å². The van der Waals surface area contributed by atoms with E-state index in [9.17, 15) is 0 Å². The topological polar surface area (TPSA) is 55.9 Å². The molecule has 2 aromatic rings. The monoisotopic (exact) mass is 248 g/mol. The number of nitrogens with one attached hydrogen (secondary N) is 1. The van der Waals surface area contributed by atoms with Crippen molar-refractivity contribution in [3.8, 4) is 0 Å². The van der Waals surface area contributed by atoms with Gasteiger partial charge in [0.25, 0.3) is 0 Å². The van der Waals surface area contributed by atoms with E-state index < -0.39 is 0 Å². The van der Waals surface area contributed by atoms with Gasteiger partial charge in [-0.05, 0) is 26.3 Å². The molecule has 0 aliphatic carbocycles. The van der Waals surface area contributed by atoms with Gasteiger partial charge >= 0.3 is 0 Å². The largest absolute Gasteiger partial charge is 0.444 e. The van der Waals surface area contributed by atoms with Gasteiger partial charge in [-0.1, -0.05) is 6.92 Å². The zero-order valence-electron chi connectivity index (χ0n) is 11.4. The summed E-state index contributed by atoms with van der Waals surface area (Å²) in [6, 6.07) is 2.22. The minimum Gasteiger partial charge on any atom is -0.444 e. The highest BCUT2D eigenvalue weighted by Gasteiger charge is 2.12. The van der Waals surface area contributed by atoms with Crippen molar-refractivity contribution in [1.29, 1.82) is 0 Å². The van der Waals surface area contributed by atoms with Gasteiger partial charge in [-0.15, -0.1) is 0 Å². The van der Waals surface area contributed by atoms with Crippen LogP contribution in [0.1, 0.15) is 42.9 Å². The number of aryl methyl sites for hydroxylation is 3. The third-order valence-electron chi connectivity index (χ3n) is 2.99. The predicted octanol–water partition coefficient (Wildman–Crippen LogP) is 2.13. The van der Waals surface area contributed by atoms with Crippen LogP contribution in [-0.2, 0) is 20.0 Å². The standard InChI is InChI=1S/C13H20N4O/c1-5-11-6-12(17(4)16-11)8-14-10(3)13-15-7-9(2)18-13/h6-7,10,14H,5,8H2,1-4H3. The lowest BCUT2D eigenvalue weighted by molar-refractivity contribution is 0.399. The highest BCUT2D eigenvalue weighted by Crippen LogP contribution is 2.13. The smallest absolute Gasteiger partial charge is 0.211 e. The van der Waals surface area contributed by atoms with Crippen LogP contribution in [0, 0.1) is 6.92 Å². The van der Waals surface area contributed by atoms with Crippen LogP contribution in [0.4, 0.5) is 0 Å². The second-order valence-corrected chi connectivity index (χ2v) is 4.52. The Morgan fingerprint density at radius 3 is 2.83 bits per heavy atom. The van der Waals surface area contributed by atoms with Gasteiger partial charge in [0.1, 0.15) is 5.76 Å². The molecular formula is C13H20N4O. The van der Waals surface area contributed by atoms with Crippen LogP contribution in [0.15, 0.2) is 16.7 Å². The van der Waals surface area contributed by atoms with Crippen LogP contribution in [0.25, 0.3) is 0 Å². The molecule has 0 spiro atoms. The fraction of sp³-hybridized carbons (Fsp3) is 0.538. The molecule has 0 aliphatic rings. The predicted molar refractivity (Wildman–Crippen MR) is 69.1 cm³/mol. The maximum Gasteiger partial charge on any atom is 0.211 e. The first-order valence-electron chi connectivity index (χ1n) is 6.27. The van der Waals surface area contributed by atoms with Crippen molar-refractivity contribution in [3.63, 3.8) is 0 Å². The summed E-state index contributed by atoms with van der Waals surface area (Å²) in [5.41, 5.74) is 2.29. The molecule has 2 rings (SSSR count). The lowest BCUT2D eigenvalue weighted by Crippen LogP contribution is -2.20. The van der Waals surface area contributed by atoms with Gasteiger partial charge in [-0.3, -0.25) is 4.68 Å². The first-order chi connectivity index (χ1) is 8.60. The average Bonchev–Trinajstić information content (AvgIpc) is 2.92. The number of oxazole rings is 1. The van der Waals surface area contributed by atoms with E-state index in [-0.39, 0.29) is 6.04 Å². The molecule has 18 heavy (non-hydrogen) atoms. The number of aromatic nitrogens is 3. The van der Waals surface area contributed by atoms with Gasteiger partial charge in [0, 0.05) is 13.6 Å². The second kappa shape index (κ2) is 5.35. The van der Waals surface area contributed by atoms with Gasteiger partial charge in [-0.2, -0.15) is 5.10 Å². The van der Waals surface area contributed by atoms with E-state index in [0.29, 0.717) is 0 Å².